The molecule has 0 radical (unpaired) electrons. The average molecular weight is 559 g/mol. The van der Waals surface area contributed by atoms with Crippen LogP contribution in [0.1, 0.15) is 44.4 Å². The van der Waals surface area contributed by atoms with Crippen LogP contribution in [0.25, 0.3) is 55.9 Å². The van der Waals surface area contributed by atoms with Gasteiger partial charge >= 0.3 is 0 Å². The number of hydrogen-bond acceptors (Lipinski definition) is 3. The van der Waals surface area contributed by atoms with Crippen LogP contribution in [-0.2, 0) is 5.41 Å². The van der Waals surface area contributed by atoms with E-state index in [0.717, 1.165) is 62.8 Å². The number of benzene rings is 4. The number of hydrogen-bond donors (Lipinski definition) is 0. The Bertz CT molecular complexity index is 1850. The molecule has 10 rings (SSSR count). The molecule has 0 saturated heterocycles. The highest BCUT2D eigenvalue weighted by Gasteiger charge is 2.54. The summed E-state index contributed by atoms with van der Waals surface area (Å²) in [6, 6.07) is 40.7. The second-order valence-electron chi connectivity index (χ2n) is 13.3. The average Bonchev–Trinajstić information content (AvgIpc) is 3.50. The number of fused-ring (bicyclic) bond motifs is 1. The van der Waals surface area contributed by atoms with Crippen LogP contribution >= 0.6 is 0 Å². The van der Waals surface area contributed by atoms with Gasteiger partial charge in [0.25, 0.3) is 0 Å². The van der Waals surface area contributed by atoms with Crippen molar-refractivity contribution in [2.75, 3.05) is 0 Å². The fourth-order valence-electron chi connectivity index (χ4n) is 8.77. The normalized spacial score (nSPS) is 24.0. The molecule has 4 fully saturated rings. The van der Waals surface area contributed by atoms with Gasteiger partial charge in [0.1, 0.15) is 5.52 Å². The van der Waals surface area contributed by atoms with E-state index in [1.165, 1.54) is 55.2 Å². The summed E-state index contributed by atoms with van der Waals surface area (Å²) < 4.78 is 6.50. The predicted octanol–water partition coefficient (Wildman–Crippen LogP) is 10.4. The first-order valence-electron chi connectivity index (χ1n) is 15.8. The molecule has 0 spiro atoms. The van der Waals surface area contributed by atoms with Crippen LogP contribution in [0.2, 0.25) is 0 Å². The van der Waals surface area contributed by atoms with E-state index in [-0.39, 0.29) is 5.41 Å². The van der Waals surface area contributed by atoms with Gasteiger partial charge in [0, 0.05) is 16.5 Å². The number of pyridine rings is 1. The number of oxazole rings is 1. The Morgan fingerprint density at radius 1 is 0.488 bits per heavy atom. The lowest BCUT2D eigenvalue weighted by Crippen LogP contribution is -2.48. The smallest absolute Gasteiger partial charge is 0.201 e. The Kier molecular flexibility index (Phi) is 5.69. The lowest BCUT2D eigenvalue weighted by atomic mass is 9.49. The van der Waals surface area contributed by atoms with E-state index in [1.807, 2.05) is 12.1 Å². The van der Waals surface area contributed by atoms with Crippen molar-refractivity contribution >= 4 is 11.1 Å². The lowest BCUT2D eigenvalue weighted by molar-refractivity contribution is -0.0170. The monoisotopic (exact) mass is 558 g/mol. The molecule has 0 unspecified atom stereocenters. The molecular weight excluding hydrogens is 524 g/mol. The molecule has 6 aromatic rings. The molecule has 3 heteroatoms. The molecule has 3 nitrogen and oxygen atoms in total. The molecule has 4 aromatic carbocycles. The van der Waals surface area contributed by atoms with Crippen molar-refractivity contribution in [3.8, 4) is 44.8 Å². The van der Waals surface area contributed by atoms with Crippen molar-refractivity contribution < 1.29 is 4.42 Å². The van der Waals surface area contributed by atoms with E-state index in [4.69, 9.17) is 14.4 Å². The van der Waals surface area contributed by atoms with Crippen LogP contribution in [0.5, 0.6) is 0 Å². The maximum Gasteiger partial charge on any atom is 0.201 e. The second-order valence-corrected chi connectivity index (χ2v) is 13.3. The minimum Gasteiger partial charge on any atom is -0.440 e. The molecule has 4 aliphatic rings. The Morgan fingerprint density at radius 3 is 1.56 bits per heavy atom. The molecule has 0 atom stereocenters. The quantitative estimate of drug-likeness (QED) is 0.211. The molecule has 4 saturated carbocycles. The minimum absolute atomic E-state index is 0.178. The molecule has 2 heterocycles. The highest BCUT2D eigenvalue weighted by atomic mass is 16.3. The van der Waals surface area contributed by atoms with E-state index < -0.39 is 0 Å². The third-order valence-electron chi connectivity index (χ3n) is 10.4. The van der Waals surface area contributed by atoms with Gasteiger partial charge in [0.2, 0.25) is 5.89 Å². The fraction of sp³-hybridized carbons (Fsp3) is 0.250. The third kappa shape index (κ3) is 4.41. The minimum atomic E-state index is 0.178. The summed E-state index contributed by atoms with van der Waals surface area (Å²) in [5.74, 6) is 3.64. The van der Waals surface area contributed by atoms with Crippen LogP contribution in [0.4, 0.5) is 0 Å². The molecule has 4 aliphatic carbocycles. The Hall–Kier alpha value is -4.50. The summed E-state index contributed by atoms with van der Waals surface area (Å²) in [6.45, 7) is 0. The van der Waals surface area contributed by atoms with E-state index in [9.17, 15) is 0 Å². The molecule has 43 heavy (non-hydrogen) atoms. The first kappa shape index (κ1) is 25.0. The standard InChI is InChI=1S/C40H34N2O/c1-3-7-31(8-4-1)35-21-34(22-36(41-35)32-9-5-2-6-10-32)30-13-11-29(12-14-30)33-15-16-38-37(20-33)42-39(43-38)40-23-26-17-27(24-40)19-28(18-26)25-40/h1-16,20-22,26-28H,17-19,23-25H2. The summed E-state index contributed by atoms with van der Waals surface area (Å²) in [6.07, 6.45) is 8.11. The largest absolute Gasteiger partial charge is 0.440 e. The van der Waals surface area contributed by atoms with E-state index in [1.54, 1.807) is 0 Å². The SMILES string of the molecule is c1ccc(-c2cc(-c3ccc(-c4ccc5oc(C67CC8CC(CC(C8)C6)C7)nc5c4)cc3)cc(-c3ccccc3)n2)cc1. The number of rotatable bonds is 5. The molecule has 0 aliphatic heterocycles. The van der Waals surface area contributed by atoms with Crippen molar-refractivity contribution in [1.82, 2.24) is 9.97 Å². The highest BCUT2D eigenvalue weighted by Crippen LogP contribution is 2.60. The zero-order valence-corrected chi connectivity index (χ0v) is 24.2. The van der Waals surface area contributed by atoms with Gasteiger partial charge in [-0.15, -0.1) is 0 Å². The van der Waals surface area contributed by atoms with Crippen molar-refractivity contribution in [3.63, 3.8) is 0 Å². The maximum absolute atomic E-state index is 6.50. The van der Waals surface area contributed by atoms with Crippen molar-refractivity contribution in [3.05, 3.63) is 121 Å². The van der Waals surface area contributed by atoms with Crippen LogP contribution < -0.4 is 0 Å². The van der Waals surface area contributed by atoms with Crippen molar-refractivity contribution in [2.45, 2.75) is 43.9 Å². The fourth-order valence-corrected chi connectivity index (χ4v) is 8.77. The van der Waals surface area contributed by atoms with Crippen LogP contribution in [0.15, 0.2) is 120 Å². The summed E-state index contributed by atoms with van der Waals surface area (Å²) in [5.41, 5.74) is 11.0. The van der Waals surface area contributed by atoms with Crippen molar-refractivity contribution in [2.24, 2.45) is 17.8 Å². The summed E-state index contributed by atoms with van der Waals surface area (Å²) >= 11 is 0. The van der Waals surface area contributed by atoms with Gasteiger partial charge in [-0.25, -0.2) is 9.97 Å². The van der Waals surface area contributed by atoms with Gasteiger partial charge in [0.15, 0.2) is 5.58 Å². The Labute approximate surface area is 252 Å². The summed E-state index contributed by atoms with van der Waals surface area (Å²) in [4.78, 5) is 10.2. The van der Waals surface area contributed by atoms with Crippen LogP contribution in [0, 0.1) is 17.8 Å². The van der Waals surface area contributed by atoms with Gasteiger partial charge < -0.3 is 4.42 Å². The third-order valence-corrected chi connectivity index (χ3v) is 10.4. The van der Waals surface area contributed by atoms with Gasteiger partial charge in [-0.1, -0.05) is 91.0 Å². The molecular formula is C40H34N2O. The highest BCUT2D eigenvalue weighted by molar-refractivity contribution is 5.82. The molecule has 0 amide bonds. The zero-order valence-electron chi connectivity index (χ0n) is 24.2. The van der Waals surface area contributed by atoms with E-state index in [2.05, 4.69) is 103 Å². The van der Waals surface area contributed by atoms with Gasteiger partial charge in [0.05, 0.1) is 11.4 Å². The van der Waals surface area contributed by atoms with Gasteiger partial charge in [-0.2, -0.15) is 0 Å². The lowest BCUT2D eigenvalue weighted by Gasteiger charge is -2.55. The molecule has 210 valence electrons. The first-order valence-corrected chi connectivity index (χ1v) is 15.8. The van der Waals surface area contributed by atoms with E-state index in [0.29, 0.717) is 0 Å². The maximum atomic E-state index is 6.50. The molecule has 0 N–H and O–H groups in total. The number of nitrogens with zero attached hydrogens (tertiary/aromatic N) is 2. The molecule has 4 bridgehead atoms. The Balaban J connectivity index is 1.05. The molecule has 2 aromatic heterocycles. The summed E-state index contributed by atoms with van der Waals surface area (Å²) in [5, 5.41) is 0. The Morgan fingerprint density at radius 2 is 1.00 bits per heavy atom. The first-order chi connectivity index (χ1) is 21.2. The summed E-state index contributed by atoms with van der Waals surface area (Å²) in [7, 11) is 0. The zero-order chi connectivity index (χ0) is 28.4. The second kappa shape index (κ2) is 9.77. The topological polar surface area (TPSA) is 38.9 Å². The van der Waals surface area contributed by atoms with Gasteiger partial charge in [-0.3, -0.25) is 0 Å². The van der Waals surface area contributed by atoms with Crippen LogP contribution in [0.3, 0.4) is 0 Å². The number of aromatic nitrogens is 2. The van der Waals surface area contributed by atoms with Crippen molar-refractivity contribution in [1.29, 1.82) is 0 Å². The predicted molar refractivity (Wildman–Crippen MR) is 173 cm³/mol. The van der Waals surface area contributed by atoms with E-state index >= 15 is 0 Å². The van der Waals surface area contributed by atoms with Gasteiger partial charge in [-0.05, 0) is 103 Å². The van der Waals surface area contributed by atoms with Crippen LogP contribution in [-0.4, -0.2) is 9.97 Å².